The first-order chi connectivity index (χ1) is 48.8. The Bertz CT molecular complexity index is 2050. The van der Waals surface area contributed by atoms with Crippen molar-refractivity contribution in [1.82, 2.24) is 0 Å². The highest BCUT2D eigenvalue weighted by molar-refractivity contribution is 7.47. The molecule has 2 unspecified atom stereocenters. The van der Waals surface area contributed by atoms with Gasteiger partial charge in [-0.05, 0) is 109 Å². The monoisotopic (exact) mass is 1400 g/mol. The third kappa shape index (κ3) is 83.2. The first kappa shape index (κ1) is 95.4. The molecular formula is C89H158NO8P. The third-order valence-electron chi connectivity index (χ3n) is 18.3. The zero-order valence-electron chi connectivity index (χ0n) is 64.7. The molecule has 0 fully saturated rings. The molecular weight excluding hydrogens is 1240 g/mol. The number of esters is 2. The Morgan fingerprint density at radius 2 is 0.556 bits per heavy atom. The topological polar surface area (TPSA) is 134 Å². The van der Waals surface area contributed by atoms with E-state index in [2.05, 4.69) is 135 Å². The molecule has 9 nitrogen and oxygen atoms in total. The molecule has 0 radical (unpaired) electrons. The lowest BCUT2D eigenvalue weighted by Crippen LogP contribution is -2.29. The minimum absolute atomic E-state index is 0.0490. The maximum atomic E-state index is 12.8. The van der Waals surface area contributed by atoms with Crippen LogP contribution in [0.2, 0.25) is 0 Å². The number of rotatable bonds is 79. The van der Waals surface area contributed by atoms with Crippen molar-refractivity contribution in [1.29, 1.82) is 0 Å². The van der Waals surface area contributed by atoms with Gasteiger partial charge in [-0.15, -0.1) is 0 Å². The molecule has 572 valence electrons. The van der Waals surface area contributed by atoms with Crippen LogP contribution in [0.1, 0.15) is 399 Å². The highest BCUT2D eigenvalue weighted by Crippen LogP contribution is 2.43. The van der Waals surface area contributed by atoms with E-state index in [0.29, 0.717) is 6.42 Å². The summed E-state index contributed by atoms with van der Waals surface area (Å²) < 4.78 is 33.3. The van der Waals surface area contributed by atoms with Crippen LogP contribution in [0.15, 0.2) is 122 Å². The van der Waals surface area contributed by atoms with Crippen molar-refractivity contribution >= 4 is 19.8 Å². The molecule has 0 aromatic carbocycles. The molecule has 0 spiro atoms. The van der Waals surface area contributed by atoms with Gasteiger partial charge in [-0.3, -0.25) is 18.6 Å². The lowest BCUT2D eigenvalue weighted by Gasteiger charge is -2.19. The lowest BCUT2D eigenvalue weighted by molar-refractivity contribution is -0.161. The van der Waals surface area contributed by atoms with Gasteiger partial charge >= 0.3 is 19.8 Å². The van der Waals surface area contributed by atoms with Crippen molar-refractivity contribution in [2.45, 2.75) is 405 Å². The second-order valence-electron chi connectivity index (χ2n) is 28.0. The van der Waals surface area contributed by atoms with Crippen molar-refractivity contribution in [2.24, 2.45) is 5.73 Å². The van der Waals surface area contributed by atoms with Gasteiger partial charge in [-0.2, -0.15) is 0 Å². The molecule has 0 aliphatic carbocycles. The zero-order chi connectivity index (χ0) is 71.5. The van der Waals surface area contributed by atoms with Gasteiger partial charge in [0.1, 0.15) is 6.61 Å². The summed E-state index contributed by atoms with van der Waals surface area (Å²) in [6, 6.07) is 0. The number of hydrogen-bond donors (Lipinski definition) is 2. The predicted molar refractivity (Wildman–Crippen MR) is 431 cm³/mol. The largest absolute Gasteiger partial charge is 0.472 e. The zero-order valence-corrected chi connectivity index (χ0v) is 65.6. The van der Waals surface area contributed by atoms with E-state index in [1.54, 1.807) is 0 Å². The lowest BCUT2D eigenvalue weighted by atomic mass is 10.0. The van der Waals surface area contributed by atoms with Crippen LogP contribution >= 0.6 is 7.82 Å². The van der Waals surface area contributed by atoms with E-state index in [9.17, 15) is 19.0 Å². The van der Waals surface area contributed by atoms with Gasteiger partial charge in [-0.25, -0.2) is 4.57 Å². The maximum Gasteiger partial charge on any atom is 0.472 e. The minimum Gasteiger partial charge on any atom is -0.462 e. The summed E-state index contributed by atoms with van der Waals surface area (Å²) >= 11 is 0. The molecule has 0 aromatic rings. The Morgan fingerprint density at radius 1 is 0.313 bits per heavy atom. The fourth-order valence-corrected chi connectivity index (χ4v) is 12.9. The summed E-state index contributed by atoms with van der Waals surface area (Å²) in [7, 11) is -4.41. The highest BCUT2D eigenvalue weighted by Gasteiger charge is 2.26. The molecule has 3 N–H and O–H groups in total. The number of ether oxygens (including phenoxy) is 2. The average Bonchev–Trinajstić information content (AvgIpc) is 1.64. The number of carbonyl (C=O) groups excluding carboxylic acids is 2. The normalized spacial score (nSPS) is 13.5. The Kier molecular flexibility index (Phi) is 80.3. The first-order valence-corrected chi connectivity index (χ1v) is 43.5. The smallest absolute Gasteiger partial charge is 0.462 e. The Morgan fingerprint density at radius 3 is 0.838 bits per heavy atom. The molecule has 2 atom stereocenters. The van der Waals surface area contributed by atoms with Crippen molar-refractivity contribution in [3.8, 4) is 0 Å². The van der Waals surface area contributed by atoms with Crippen LogP contribution in [-0.2, 0) is 32.7 Å². The van der Waals surface area contributed by atoms with Crippen LogP contribution in [0.5, 0.6) is 0 Å². The minimum atomic E-state index is -4.41. The number of hydrogen-bond acceptors (Lipinski definition) is 8. The second-order valence-corrected chi connectivity index (χ2v) is 29.4. The van der Waals surface area contributed by atoms with Crippen LogP contribution < -0.4 is 5.73 Å². The van der Waals surface area contributed by atoms with E-state index in [0.717, 1.165) is 103 Å². The average molecular weight is 1400 g/mol. The van der Waals surface area contributed by atoms with Gasteiger partial charge < -0.3 is 20.1 Å². The summed E-state index contributed by atoms with van der Waals surface area (Å²) in [5, 5.41) is 0. The van der Waals surface area contributed by atoms with Gasteiger partial charge in [0.15, 0.2) is 6.10 Å². The molecule has 0 amide bonds. The number of phosphoric acid groups is 1. The molecule has 0 rings (SSSR count). The molecule has 0 saturated heterocycles. The second kappa shape index (κ2) is 83.4. The molecule has 0 aliphatic heterocycles. The quantitative estimate of drug-likeness (QED) is 0.0264. The molecule has 99 heavy (non-hydrogen) atoms. The van der Waals surface area contributed by atoms with E-state index in [4.69, 9.17) is 24.3 Å². The van der Waals surface area contributed by atoms with E-state index in [1.807, 2.05) is 0 Å². The maximum absolute atomic E-state index is 12.8. The van der Waals surface area contributed by atoms with E-state index < -0.39 is 26.5 Å². The molecule has 0 aromatic heterocycles. The molecule has 0 aliphatic rings. The Balaban J connectivity index is 3.81. The summed E-state index contributed by atoms with van der Waals surface area (Å²) in [5.41, 5.74) is 5.42. The molecule has 0 saturated carbocycles. The van der Waals surface area contributed by atoms with Crippen LogP contribution in [0.4, 0.5) is 0 Å². The van der Waals surface area contributed by atoms with Crippen molar-refractivity contribution < 1.29 is 37.6 Å². The van der Waals surface area contributed by atoms with Crippen LogP contribution in [0.3, 0.4) is 0 Å². The Hall–Kier alpha value is -3.59. The van der Waals surface area contributed by atoms with E-state index in [-0.39, 0.29) is 38.6 Å². The number of carbonyl (C=O) groups is 2. The van der Waals surface area contributed by atoms with Gasteiger partial charge in [0.25, 0.3) is 0 Å². The highest BCUT2D eigenvalue weighted by atomic mass is 31.2. The number of phosphoric ester groups is 1. The molecule has 0 bridgehead atoms. The fourth-order valence-electron chi connectivity index (χ4n) is 12.2. The molecule has 10 heteroatoms. The summed E-state index contributed by atoms with van der Waals surface area (Å²) in [6.07, 6.45) is 118. The third-order valence-corrected chi connectivity index (χ3v) is 19.3. The van der Waals surface area contributed by atoms with Gasteiger partial charge in [0.05, 0.1) is 13.2 Å². The predicted octanol–water partition coefficient (Wildman–Crippen LogP) is 28.5. The van der Waals surface area contributed by atoms with Crippen LogP contribution in [-0.4, -0.2) is 49.3 Å². The van der Waals surface area contributed by atoms with E-state index in [1.165, 1.54) is 263 Å². The van der Waals surface area contributed by atoms with Crippen LogP contribution in [0, 0.1) is 0 Å². The van der Waals surface area contributed by atoms with E-state index >= 15 is 0 Å². The van der Waals surface area contributed by atoms with Gasteiger partial charge in [-0.1, -0.05) is 399 Å². The standard InChI is InChI=1S/C89H158NO8P/c1-3-5-7-9-11-13-15-17-19-21-23-25-27-29-31-33-35-37-39-41-42-43-44-46-47-49-51-53-55-57-59-61-63-65-67-69-71-73-75-77-79-81-88(91)95-85-87(86-97-99(93,94)96-84-83-90)98-89(92)82-80-78-76-74-72-70-68-66-64-62-60-58-56-54-52-50-48-45-40-38-36-34-32-30-28-26-24-22-20-18-16-14-12-10-8-6-4-2/h6,8,12,14,18,20-21,23-24,26,30,32,36,38,45,48,52,54,58,60,87H,3-5,7,9-11,13,15-17,19,22,25,27-29,31,33-35,37,39-44,46-47,49-51,53,55-57,59,61-86,90H2,1-2H3,(H,93,94)/b8-6-,14-12-,20-18-,23-21-,26-24-,32-30-,38-36-,48-45-,54-52-,60-58-. The summed E-state index contributed by atoms with van der Waals surface area (Å²) in [5.74, 6) is -0.824. The number of allylic oxidation sites excluding steroid dienone is 20. The molecule has 0 heterocycles. The van der Waals surface area contributed by atoms with Crippen molar-refractivity contribution in [3.05, 3.63) is 122 Å². The Labute approximate surface area is 612 Å². The van der Waals surface area contributed by atoms with Crippen molar-refractivity contribution in [2.75, 3.05) is 26.4 Å². The number of nitrogens with two attached hydrogens (primary N) is 1. The van der Waals surface area contributed by atoms with Gasteiger partial charge in [0.2, 0.25) is 0 Å². The van der Waals surface area contributed by atoms with Crippen molar-refractivity contribution in [3.63, 3.8) is 0 Å². The summed E-state index contributed by atoms with van der Waals surface area (Å²) in [4.78, 5) is 35.5. The fraction of sp³-hybridized carbons (Fsp3) is 0.753. The number of unbranched alkanes of at least 4 members (excludes halogenated alkanes) is 46. The summed E-state index contributed by atoms with van der Waals surface area (Å²) in [6.45, 7) is 3.67. The SMILES string of the molecule is CC/C=C\C/C=C\C/C=C\C/C=C\C/C=C\C/C=C\C/C=C\C/C=C\C/C=C\CCCCCCCCCCCC(=O)OC(COC(=O)CCCCCCCCCCCCCCCCCCCCCCCCCCCCCCC/C=C\CCCCCCCCCC)COP(=O)(O)OCCN. The van der Waals surface area contributed by atoms with Gasteiger partial charge in [0, 0.05) is 19.4 Å². The van der Waals surface area contributed by atoms with Crippen LogP contribution in [0.25, 0.3) is 0 Å². The first-order valence-electron chi connectivity index (χ1n) is 42.0.